The molecule has 0 aliphatic rings. The second-order valence-electron chi connectivity index (χ2n) is 8.13. The van der Waals surface area contributed by atoms with Gasteiger partial charge in [-0.25, -0.2) is 19.6 Å². The number of nitrogens with zero attached hydrogens (tertiary/aromatic N) is 7. The van der Waals surface area contributed by atoms with Gasteiger partial charge in [0.25, 0.3) is 0 Å². The van der Waals surface area contributed by atoms with Gasteiger partial charge in [0, 0.05) is 28.9 Å². The van der Waals surface area contributed by atoms with Crippen molar-refractivity contribution in [3.8, 4) is 22.5 Å². The molecule has 164 valence electrons. The molecule has 4 aromatic heterocycles. The number of hydrogen-bond acceptors (Lipinski definition) is 5. The predicted molar refractivity (Wildman–Crippen MR) is 131 cm³/mol. The summed E-state index contributed by atoms with van der Waals surface area (Å²) in [6.45, 7) is 1.20. The van der Waals surface area contributed by atoms with Gasteiger partial charge in [0.2, 0.25) is 0 Å². The number of rotatable bonds is 6. The van der Waals surface area contributed by atoms with Crippen LogP contribution in [0.4, 0.5) is 0 Å². The molecular formula is C27H21N7. The van der Waals surface area contributed by atoms with Gasteiger partial charge >= 0.3 is 0 Å². The zero-order valence-electron chi connectivity index (χ0n) is 18.4. The lowest BCUT2D eigenvalue weighted by Gasteiger charge is -2.10. The van der Waals surface area contributed by atoms with E-state index in [-0.39, 0.29) is 0 Å². The summed E-state index contributed by atoms with van der Waals surface area (Å²) < 4.78 is 3.92. The van der Waals surface area contributed by atoms with Gasteiger partial charge < -0.3 is 4.57 Å². The third-order valence-corrected chi connectivity index (χ3v) is 5.71. The first-order chi connectivity index (χ1) is 16.8. The molecule has 0 N–H and O–H groups in total. The summed E-state index contributed by atoms with van der Waals surface area (Å²) in [7, 11) is 0. The standard InChI is InChI=1S/C27H21N7/c1-3-7-21(8-4-1)25-13-20(14-26(30-25)22-9-5-2-6-10-22)16-34-18-24(31-32-34)17-33-12-11-23-15-28-19-29-27(23)33/h1-15,18-19H,16-17H2. The van der Waals surface area contributed by atoms with Crippen LogP contribution >= 0.6 is 0 Å². The molecule has 7 nitrogen and oxygen atoms in total. The SMILES string of the molecule is c1ccc(-c2cc(Cn3cc(Cn4ccc5cncnc54)nn3)cc(-c3ccccc3)n2)cc1. The third kappa shape index (κ3) is 4.06. The van der Waals surface area contributed by atoms with E-state index in [9.17, 15) is 0 Å². The quantitative estimate of drug-likeness (QED) is 0.368. The lowest BCUT2D eigenvalue weighted by atomic mass is 10.0. The zero-order valence-corrected chi connectivity index (χ0v) is 18.4. The molecule has 0 fully saturated rings. The Morgan fingerprint density at radius 3 is 2.18 bits per heavy atom. The van der Waals surface area contributed by atoms with Gasteiger partial charge in [-0.1, -0.05) is 65.9 Å². The molecule has 0 bridgehead atoms. The van der Waals surface area contributed by atoms with Gasteiger partial charge in [0.05, 0.1) is 30.7 Å². The summed E-state index contributed by atoms with van der Waals surface area (Å²) in [5.74, 6) is 0. The summed E-state index contributed by atoms with van der Waals surface area (Å²) in [5, 5.41) is 9.77. The van der Waals surface area contributed by atoms with E-state index in [2.05, 4.69) is 61.2 Å². The minimum Gasteiger partial charge on any atom is -0.326 e. The van der Waals surface area contributed by atoms with E-state index < -0.39 is 0 Å². The van der Waals surface area contributed by atoms with E-state index in [1.165, 1.54) is 0 Å². The van der Waals surface area contributed by atoms with E-state index in [4.69, 9.17) is 4.98 Å². The van der Waals surface area contributed by atoms with E-state index in [1.807, 2.05) is 65.7 Å². The van der Waals surface area contributed by atoms with Crippen molar-refractivity contribution in [2.24, 2.45) is 0 Å². The van der Waals surface area contributed by atoms with Crippen LogP contribution in [0.1, 0.15) is 11.3 Å². The van der Waals surface area contributed by atoms with Gasteiger partial charge in [0.1, 0.15) is 17.7 Å². The highest BCUT2D eigenvalue weighted by molar-refractivity contribution is 5.74. The summed E-state index contributed by atoms with van der Waals surface area (Å²) >= 11 is 0. The number of benzene rings is 2. The molecule has 6 rings (SSSR count). The number of pyridine rings is 1. The van der Waals surface area contributed by atoms with Crippen LogP contribution < -0.4 is 0 Å². The Labute approximate surface area is 196 Å². The molecule has 34 heavy (non-hydrogen) atoms. The molecule has 0 unspecified atom stereocenters. The van der Waals surface area contributed by atoms with Crippen LogP contribution in [0.15, 0.2) is 104 Å². The molecule has 0 amide bonds. The number of aromatic nitrogens is 7. The van der Waals surface area contributed by atoms with E-state index in [0.717, 1.165) is 44.8 Å². The minimum atomic E-state index is 0.599. The molecule has 4 heterocycles. The minimum absolute atomic E-state index is 0.599. The summed E-state index contributed by atoms with van der Waals surface area (Å²) in [4.78, 5) is 13.4. The van der Waals surface area contributed by atoms with Crippen LogP contribution in [0.3, 0.4) is 0 Å². The summed E-state index contributed by atoms with van der Waals surface area (Å²) in [6, 6.07) is 26.8. The highest BCUT2D eigenvalue weighted by atomic mass is 15.4. The topological polar surface area (TPSA) is 74.3 Å². The third-order valence-electron chi connectivity index (χ3n) is 5.71. The van der Waals surface area contributed by atoms with Crippen molar-refractivity contribution >= 4 is 11.0 Å². The molecule has 6 aromatic rings. The fraction of sp³-hybridized carbons (Fsp3) is 0.0741. The first-order valence-electron chi connectivity index (χ1n) is 11.1. The Morgan fingerprint density at radius 1 is 0.765 bits per heavy atom. The Hall–Kier alpha value is -4.65. The molecular weight excluding hydrogens is 422 g/mol. The highest BCUT2D eigenvalue weighted by Gasteiger charge is 2.10. The lowest BCUT2D eigenvalue weighted by Crippen LogP contribution is -2.02. The monoisotopic (exact) mass is 443 g/mol. The first-order valence-corrected chi connectivity index (χ1v) is 11.1. The summed E-state index contributed by atoms with van der Waals surface area (Å²) in [5.41, 5.74) is 6.93. The van der Waals surface area contributed by atoms with Crippen LogP contribution in [-0.4, -0.2) is 34.5 Å². The van der Waals surface area contributed by atoms with E-state index in [0.29, 0.717) is 13.1 Å². The molecule has 0 aliphatic heterocycles. The maximum absolute atomic E-state index is 4.94. The van der Waals surface area contributed by atoms with Crippen molar-refractivity contribution in [2.45, 2.75) is 13.1 Å². The van der Waals surface area contributed by atoms with Crippen LogP contribution in [-0.2, 0) is 13.1 Å². The molecule has 7 heteroatoms. The van der Waals surface area contributed by atoms with Crippen molar-refractivity contribution in [3.05, 3.63) is 115 Å². The molecule has 0 spiro atoms. The van der Waals surface area contributed by atoms with Gasteiger partial charge in [-0.15, -0.1) is 5.10 Å². The van der Waals surface area contributed by atoms with Gasteiger partial charge in [-0.2, -0.15) is 0 Å². The Kier molecular flexibility index (Phi) is 5.12. The van der Waals surface area contributed by atoms with Crippen molar-refractivity contribution in [2.75, 3.05) is 0 Å². The molecule has 2 aromatic carbocycles. The molecule has 0 saturated heterocycles. The fourth-order valence-corrected chi connectivity index (χ4v) is 4.10. The molecule has 0 radical (unpaired) electrons. The van der Waals surface area contributed by atoms with Gasteiger partial charge in [-0.05, 0) is 23.8 Å². The maximum atomic E-state index is 4.94. The zero-order chi connectivity index (χ0) is 22.7. The van der Waals surface area contributed by atoms with Crippen molar-refractivity contribution in [1.82, 2.24) is 34.5 Å². The van der Waals surface area contributed by atoms with Gasteiger partial charge in [-0.3, -0.25) is 0 Å². The smallest absolute Gasteiger partial charge is 0.143 e. The highest BCUT2D eigenvalue weighted by Crippen LogP contribution is 2.25. The predicted octanol–water partition coefficient (Wildman–Crippen LogP) is 4.85. The van der Waals surface area contributed by atoms with Crippen molar-refractivity contribution in [3.63, 3.8) is 0 Å². The number of fused-ring (bicyclic) bond motifs is 1. The van der Waals surface area contributed by atoms with Crippen LogP contribution in [0.2, 0.25) is 0 Å². The van der Waals surface area contributed by atoms with Crippen LogP contribution in [0.25, 0.3) is 33.5 Å². The molecule has 0 atom stereocenters. The Morgan fingerprint density at radius 2 is 1.47 bits per heavy atom. The van der Waals surface area contributed by atoms with E-state index in [1.54, 1.807) is 6.33 Å². The van der Waals surface area contributed by atoms with E-state index >= 15 is 0 Å². The summed E-state index contributed by atoms with van der Waals surface area (Å²) in [6.07, 6.45) is 7.36. The lowest BCUT2D eigenvalue weighted by molar-refractivity contribution is 0.648. The largest absolute Gasteiger partial charge is 0.326 e. The van der Waals surface area contributed by atoms with Crippen molar-refractivity contribution < 1.29 is 0 Å². The molecule has 0 saturated carbocycles. The average Bonchev–Trinajstić information content (AvgIpc) is 3.52. The average molecular weight is 444 g/mol. The first kappa shape index (κ1) is 20.0. The Balaban J connectivity index is 1.30. The van der Waals surface area contributed by atoms with Crippen LogP contribution in [0.5, 0.6) is 0 Å². The van der Waals surface area contributed by atoms with Crippen LogP contribution in [0, 0.1) is 0 Å². The normalized spacial score (nSPS) is 11.2. The second-order valence-corrected chi connectivity index (χ2v) is 8.13. The van der Waals surface area contributed by atoms with Gasteiger partial charge in [0.15, 0.2) is 0 Å². The fourth-order valence-electron chi connectivity index (χ4n) is 4.10. The maximum Gasteiger partial charge on any atom is 0.143 e. The molecule has 0 aliphatic carbocycles. The second kappa shape index (κ2) is 8.71. The van der Waals surface area contributed by atoms with Crippen molar-refractivity contribution in [1.29, 1.82) is 0 Å². The number of hydrogen-bond donors (Lipinski definition) is 0. The Bertz CT molecular complexity index is 1490.